The van der Waals surface area contributed by atoms with Gasteiger partial charge in [-0.1, -0.05) is 11.6 Å². The Balaban J connectivity index is 2.44. The highest BCUT2D eigenvalue weighted by Gasteiger charge is 2.47. The number of aryl methyl sites for hydroxylation is 2. The van der Waals surface area contributed by atoms with Crippen molar-refractivity contribution in [3.05, 3.63) is 16.4 Å². The van der Waals surface area contributed by atoms with Gasteiger partial charge in [-0.25, -0.2) is 0 Å². The summed E-state index contributed by atoms with van der Waals surface area (Å²) in [7, 11) is 1.82. The number of aliphatic hydroxyl groups excluding tert-OH is 1. The molecule has 0 bridgehead atoms. The van der Waals surface area contributed by atoms with E-state index in [2.05, 4.69) is 5.10 Å². The van der Waals surface area contributed by atoms with Crippen LogP contribution in [0.5, 0.6) is 0 Å². The maximum absolute atomic E-state index is 9.44. The highest BCUT2D eigenvalue weighted by Crippen LogP contribution is 2.46. The van der Waals surface area contributed by atoms with Gasteiger partial charge in [0.1, 0.15) is 5.15 Å². The Labute approximate surface area is 94.0 Å². The SMILES string of the molecule is Cc1nn(C)c(Cl)c1C1(CN)CC(O)C1. The van der Waals surface area contributed by atoms with E-state index in [-0.39, 0.29) is 11.5 Å². The van der Waals surface area contributed by atoms with Gasteiger partial charge in [0, 0.05) is 24.6 Å². The van der Waals surface area contributed by atoms with Crippen molar-refractivity contribution in [1.29, 1.82) is 0 Å². The number of halogens is 1. The third kappa shape index (κ3) is 1.48. The van der Waals surface area contributed by atoms with Crippen LogP contribution in [-0.4, -0.2) is 27.5 Å². The zero-order valence-electron chi connectivity index (χ0n) is 9.00. The molecule has 0 atom stereocenters. The van der Waals surface area contributed by atoms with E-state index in [4.69, 9.17) is 17.3 Å². The van der Waals surface area contributed by atoms with Gasteiger partial charge in [0.05, 0.1) is 11.8 Å². The Morgan fingerprint density at radius 3 is 2.60 bits per heavy atom. The number of hydrogen-bond donors (Lipinski definition) is 2. The lowest BCUT2D eigenvalue weighted by atomic mass is 9.63. The van der Waals surface area contributed by atoms with Crippen LogP contribution in [0.25, 0.3) is 0 Å². The molecule has 1 aliphatic rings. The van der Waals surface area contributed by atoms with E-state index in [9.17, 15) is 5.11 Å². The van der Waals surface area contributed by atoms with Crippen LogP contribution in [0.2, 0.25) is 5.15 Å². The smallest absolute Gasteiger partial charge is 0.130 e. The molecule has 0 radical (unpaired) electrons. The van der Waals surface area contributed by atoms with E-state index in [0.29, 0.717) is 24.5 Å². The molecule has 1 heterocycles. The van der Waals surface area contributed by atoms with Crippen LogP contribution >= 0.6 is 11.6 Å². The first-order chi connectivity index (χ1) is 7.00. The minimum Gasteiger partial charge on any atom is -0.393 e. The third-order valence-corrected chi connectivity index (χ3v) is 3.76. The molecule has 15 heavy (non-hydrogen) atoms. The van der Waals surface area contributed by atoms with Gasteiger partial charge in [-0.15, -0.1) is 0 Å². The second-order valence-electron chi connectivity index (χ2n) is 4.42. The van der Waals surface area contributed by atoms with Crippen molar-refractivity contribution in [2.45, 2.75) is 31.3 Å². The van der Waals surface area contributed by atoms with E-state index in [0.717, 1.165) is 11.3 Å². The molecule has 1 fully saturated rings. The Morgan fingerprint density at radius 1 is 1.67 bits per heavy atom. The van der Waals surface area contributed by atoms with Crippen LogP contribution in [0, 0.1) is 6.92 Å². The first-order valence-electron chi connectivity index (χ1n) is 5.08. The van der Waals surface area contributed by atoms with Gasteiger partial charge in [0.2, 0.25) is 0 Å². The van der Waals surface area contributed by atoms with Gasteiger partial charge >= 0.3 is 0 Å². The first-order valence-corrected chi connectivity index (χ1v) is 5.45. The van der Waals surface area contributed by atoms with Crippen LogP contribution in [-0.2, 0) is 12.5 Å². The Bertz CT molecular complexity index is 382. The van der Waals surface area contributed by atoms with Crippen molar-refractivity contribution in [2.24, 2.45) is 12.8 Å². The maximum Gasteiger partial charge on any atom is 0.130 e. The lowest BCUT2D eigenvalue weighted by Gasteiger charge is -2.45. The van der Waals surface area contributed by atoms with Gasteiger partial charge in [0.15, 0.2) is 0 Å². The normalized spacial score (nSPS) is 30.3. The molecule has 3 N–H and O–H groups in total. The second kappa shape index (κ2) is 3.47. The average Bonchev–Trinajstić information content (AvgIpc) is 2.37. The van der Waals surface area contributed by atoms with Crippen LogP contribution in [0.3, 0.4) is 0 Å². The second-order valence-corrected chi connectivity index (χ2v) is 4.78. The van der Waals surface area contributed by atoms with Crippen molar-refractivity contribution < 1.29 is 5.11 Å². The number of hydrogen-bond acceptors (Lipinski definition) is 3. The Kier molecular flexibility index (Phi) is 2.53. The number of rotatable bonds is 2. The van der Waals surface area contributed by atoms with Gasteiger partial charge < -0.3 is 10.8 Å². The summed E-state index contributed by atoms with van der Waals surface area (Å²) in [5, 5.41) is 14.4. The first kappa shape index (κ1) is 10.9. The summed E-state index contributed by atoms with van der Waals surface area (Å²) in [5.74, 6) is 0. The molecule has 1 saturated carbocycles. The predicted octanol–water partition coefficient (Wildman–Crippen LogP) is 0.733. The molecule has 84 valence electrons. The molecule has 5 heteroatoms. The summed E-state index contributed by atoms with van der Waals surface area (Å²) in [6, 6.07) is 0. The molecule has 1 aromatic rings. The van der Waals surface area contributed by atoms with Crippen molar-refractivity contribution >= 4 is 11.6 Å². The molecule has 0 aromatic carbocycles. The van der Waals surface area contributed by atoms with Crippen molar-refractivity contribution in [3.8, 4) is 0 Å². The summed E-state index contributed by atoms with van der Waals surface area (Å²) >= 11 is 6.20. The molecular formula is C10H16ClN3O. The Morgan fingerprint density at radius 2 is 2.27 bits per heavy atom. The molecule has 0 aliphatic heterocycles. The fourth-order valence-electron chi connectivity index (χ4n) is 2.55. The van der Waals surface area contributed by atoms with E-state index < -0.39 is 0 Å². The summed E-state index contributed by atoms with van der Waals surface area (Å²) in [6.45, 7) is 2.44. The summed E-state index contributed by atoms with van der Waals surface area (Å²) < 4.78 is 1.66. The van der Waals surface area contributed by atoms with Crippen LogP contribution in [0.1, 0.15) is 24.1 Å². The number of aliphatic hydroxyl groups is 1. The van der Waals surface area contributed by atoms with E-state index in [1.54, 1.807) is 4.68 Å². The topological polar surface area (TPSA) is 64.1 Å². The summed E-state index contributed by atoms with van der Waals surface area (Å²) in [6.07, 6.45) is 1.13. The summed E-state index contributed by atoms with van der Waals surface area (Å²) in [4.78, 5) is 0. The molecule has 0 spiro atoms. The summed E-state index contributed by atoms with van der Waals surface area (Å²) in [5.41, 5.74) is 7.58. The van der Waals surface area contributed by atoms with Gasteiger partial charge in [-0.2, -0.15) is 5.10 Å². The molecule has 1 aliphatic carbocycles. The molecule has 0 amide bonds. The van der Waals surface area contributed by atoms with Crippen molar-refractivity contribution in [3.63, 3.8) is 0 Å². The monoisotopic (exact) mass is 229 g/mol. The molecule has 0 unspecified atom stereocenters. The molecule has 4 nitrogen and oxygen atoms in total. The highest BCUT2D eigenvalue weighted by molar-refractivity contribution is 6.30. The van der Waals surface area contributed by atoms with E-state index in [1.165, 1.54) is 0 Å². The van der Waals surface area contributed by atoms with Gasteiger partial charge in [-0.3, -0.25) is 4.68 Å². The number of nitrogens with two attached hydrogens (primary N) is 1. The maximum atomic E-state index is 9.44. The lowest BCUT2D eigenvalue weighted by molar-refractivity contribution is 0.0219. The standard InChI is InChI=1S/C10H16ClN3O/c1-6-8(9(11)14(2)13-6)10(5-12)3-7(15)4-10/h7,15H,3-5,12H2,1-2H3. The lowest BCUT2D eigenvalue weighted by Crippen LogP contribution is -2.50. The van der Waals surface area contributed by atoms with Crippen molar-refractivity contribution in [2.75, 3.05) is 6.54 Å². The fraction of sp³-hybridized carbons (Fsp3) is 0.700. The Hall–Kier alpha value is -0.580. The zero-order valence-corrected chi connectivity index (χ0v) is 9.75. The quantitative estimate of drug-likeness (QED) is 0.786. The van der Waals surface area contributed by atoms with Crippen LogP contribution in [0.4, 0.5) is 0 Å². The molecule has 1 aromatic heterocycles. The van der Waals surface area contributed by atoms with Crippen molar-refractivity contribution in [1.82, 2.24) is 9.78 Å². The minimum atomic E-state index is -0.246. The van der Waals surface area contributed by atoms with E-state index in [1.807, 2.05) is 14.0 Å². The largest absolute Gasteiger partial charge is 0.393 e. The third-order valence-electron chi connectivity index (χ3n) is 3.33. The number of nitrogens with zero attached hydrogens (tertiary/aromatic N) is 2. The average molecular weight is 230 g/mol. The van der Waals surface area contributed by atoms with Crippen LogP contribution < -0.4 is 5.73 Å². The number of aromatic nitrogens is 2. The predicted molar refractivity (Wildman–Crippen MR) is 58.9 cm³/mol. The molecule has 0 saturated heterocycles. The highest BCUT2D eigenvalue weighted by atomic mass is 35.5. The van der Waals surface area contributed by atoms with Gasteiger partial charge in [-0.05, 0) is 19.8 Å². The molecular weight excluding hydrogens is 214 g/mol. The minimum absolute atomic E-state index is 0.158. The fourth-order valence-corrected chi connectivity index (χ4v) is 2.92. The van der Waals surface area contributed by atoms with E-state index >= 15 is 0 Å². The van der Waals surface area contributed by atoms with Gasteiger partial charge in [0.25, 0.3) is 0 Å². The molecule has 2 rings (SSSR count). The van der Waals surface area contributed by atoms with Crippen LogP contribution in [0.15, 0.2) is 0 Å². The zero-order chi connectivity index (χ0) is 11.2.